The van der Waals surface area contributed by atoms with Crippen molar-refractivity contribution in [2.75, 3.05) is 6.54 Å². The molecule has 0 unspecified atom stereocenters. The van der Waals surface area contributed by atoms with Gasteiger partial charge in [0.1, 0.15) is 0 Å². The highest BCUT2D eigenvalue weighted by Crippen LogP contribution is 2.25. The molecule has 0 aromatic heterocycles. The zero-order valence-corrected chi connectivity index (χ0v) is 7.40. The quantitative estimate of drug-likeness (QED) is 0.408. The largest absolute Gasteiger partial charge is 0.352 e. The van der Waals surface area contributed by atoms with Gasteiger partial charge >= 0.3 is 0 Å². The minimum Gasteiger partial charge on any atom is -0.352 e. The first-order valence-electron chi connectivity index (χ1n) is 4.28. The smallest absolute Gasteiger partial charge is 0.251 e. The van der Waals surface area contributed by atoms with Crippen LogP contribution in [0.15, 0.2) is 23.3 Å². The number of azide groups is 1. The van der Waals surface area contributed by atoms with Crippen LogP contribution in [0.5, 0.6) is 0 Å². The summed E-state index contributed by atoms with van der Waals surface area (Å²) in [6.45, 7) is 0.601. The van der Waals surface area contributed by atoms with E-state index in [9.17, 15) is 4.79 Å². The molecular formula is C9H8N4O. The second-order valence-electron chi connectivity index (χ2n) is 3.00. The Morgan fingerprint density at radius 2 is 2.36 bits per heavy atom. The first-order valence-corrected chi connectivity index (χ1v) is 4.28. The van der Waals surface area contributed by atoms with Gasteiger partial charge in [0.15, 0.2) is 0 Å². The Balaban J connectivity index is 2.60. The van der Waals surface area contributed by atoms with Crippen LogP contribution < -0.4 is 5.32 Å². The Morgan fingerprint density at radius 1 is 1.50 bits per heavy atom. The Hall–Kier alpha value is -2.00. The molecule has 2 rings (SSSR count). The summed E-state index contributed by atoms with van der Waals surface area (Å²) in [5.74, 6) is -0.0961. The van der Waals surface area contributed by atoms with Crippen molar-refractivity contribution in [3.63, 3.8) is 0 Å². The van der Waals surface area contributed by atoms with E-state index in [-0.39, 0.29) is 5.91 Å². The molecule has 14 heavy (non-hydrogen) atoms. The molecule has 0 saturated heterocycles. The highest BCUT2D eigenvalue weighted by atomic mass is 16.1. The molecule has 5 heteroatoms. The van der Waals surface area contributed by atoms with Gasteiger partial charge < -0.3 is 5.32 Å². The molecule has 1 aliphatic heterocycles. The summed E-state index contributed by atoms with van der Waals surface area (Å²) in [6, 6.07) is 5.17. The molecule has 0 aliphatic carbocycles. The third-order valence-electron chi connectivity index (χ3n) is 2.21. The monoisotopic (exact) mass is 188 g/mol. The first-order chi connectivity index (χ1) is 6.83. The van der Waals surface area contributed by atoms with Crippen LogP contribution >= 0.6 is 0 Å². The van der Waals surface area contributed by atoms with Crippen LogP contribution in [0.4, 0.5) is 5.69 Å². The molecule has 0 saturated carbocycles. The summed E-state index contributed by atoms with van der Waals surface area (Å²) in [7, 11) is 0. The summed E-state index contributed by atoms with van der Waals surface area (Å²) < 4.78 is 0. The number of hydrogen-bond donors (Lipinski definition) is 1. The zero-order valence-electron chi connectivity index (χ0n) is 7.40. The molecule has 1 N–H and O–H groups in total. The second-order valence-corrected chi connectivity index (χ2v) is 3.00. The SMILES string of the molecule is [N-]=[N+]=Nc1cccc2c1CCNC2=O. The summed E-state index contributed by atoms with van der Waals surface area (Å²) in [5.41, 5.74) is 10.4. The van der Waals surface area contributed by atoms with Crippen LogP contribution in [0.25, 0.3) is 10.4 Å². The molecule has 1 amide bonds. The molecule has 1 aromatic rings. The lowest BCUT2D eigenvalue weighted by Gasteiger charge is -2.17. The Bertz CT molecular complexity index is 420. The van der Waals surface area contributed by atoms with Gasteiger partial charge in [0, 0.05) is 22.7 Å². The minimum atomic E-state index is -0.0961. The van der Waals surface area contributed by atoms with Gasteiger partial charge in [-0.25, -0.2) is 0 Å². The fourth-order valence-electron chi connectivity index (χ4n) is 1.59. The first kappa shape index (κ1) is 8.59. The van der Waals surface area contributed by atoms with Crippen LogP contribution in [-0.4, -0.2) is 12.5 Å². The van der Waals surface area contributed by atoms with Gasteiger partial charge in [-0.1, -0.05) is 17.2 Å². The molecule has 1 heterocycles. The van der Waals surface area contributed by atoms with Gasteiger partial charge in [-0.2, -0.15) is 0 Å². The van der Waals surface area contributed by atoms with Gasteiger partial charge in [0.25, 0.3) is 5.91 Å². The average Bonchev–Trinajstić information content (AvgIpc) is 2.20. The molecule has 0 radical (unpaired) electrons. The molecule has 1 aliphatic rings. The van der Waals surface area contributed by atoms with Crippen molar-refractivity contribution in [1.29, 1.82) is 0 Å². The second kappa shape index (κ2) is 3.40. The van der Waals surface area contributed by atoms with E-state index >= 15 is 0 Å². The number of hydrogen-bond acceptors (Lipinski definition) is 2. The predicted octanol–water partition coefficient (Wildman–Crippen LogP) is 1.91. The normalized spacial score (nSPS) is 13.9. The molecule has 0 fully saturated rings. The molecule has 0 bridgehead atoms. The Labute approximate surface area is 80.4 Å². The highest BCUT2D eigenvalue weighted by Gasteiger charge is 2.17. The molecule has 0 spiro atoms. The van der Waals surface area contributed by atoms with E-state index in [2.05, 4.69) is 15.3 Å². The standard InChI is InChI=1S/C9H8N4O/c10-13-12-8-3-1-2-7-6(8)4-5-11-9(7)14/h1-3H,4-5H2,(H,11,14). The number of fused-ring (bicyclic) bond motifs is 1. The maximum absolute atomic E-state index is 11.4. The number of nitrogens with one attached hydrogen (secondary N) is 1. The van der Waals surface area contributed by atoms with Crippen molar-refractivity contribution in [2.45, 2.75) is 6.42 Å². The van der Waals surface area contributed by atoms with Gasteiger partial charge in [0.05, 0.1) is 0 Å². The lowest BCUT2D eigenvalue weighted by Crippen LogP contribution is -2.31. The Kier molecular flexibility index (Phi) is 2.08. The van der Waals surface area contributed by atoms with E-state index in [0.717, 1.165) is 12.0 Å². The third-order valence-corrected chi connectivity index (χ3v) is 2.21. The lowest BCUT2D eigenvalue weighted by molar-refractivity contribution is 0.0946. The number of benzene rings is 1. The van der Waals surface area contributed by atoms with Crippen LogP contribution in [0.2, 0.25) is 0 Å². The number of rotatable bonds is 1. The van der Waals surface area contributed by atoms with E-state index < -0.39 is 0 Å². The number of carbonyl (C=O) groups is 1. The van der Waals surface area contributed by atoms with Crippen molar-refractivity contribution in [3.8, 4) is 0 Å². The summed E-state index contributed by atoms with van der Waals surface area (Å²) in [4.78, 5) is 14.1. The van der Waals surface area contributed by atoms with Crippen molar-refractivity contribution >= 4 is 11.6 Å². The van der Waals surface area contributed by atoms with Crippen molar-refractivity contribution in [2.24, 2.45) is 5.11 Å². The third kappa shape index (κ3) is 1.30. The van der Waals surface area contributed by atoms with Crippen LogP contribution in [-0.2, 0) is 6.42 Å². The van der Waals surface area contributed by atoms with Crippen LogP contribution in [0, 0.1) is 0 Å². The fraction of sp³-hybridized carbons (Fsp3) is 0.222. The molecule has 70 valence electrons. The molecule has 0 atom stereocenters. The Morgan fingerprint density at radius 3 is 3.14 bits per heavy atom. The minimum absolute atomic E-state index is 0.0961. The highest BCUT2D eigenvalue weighted by molar-refractivity contribution is 5.97. The lowest BCUT2D eigenvalue weighted by atomic mass is 9.99. The summed E-state index contributed by atoms with van der Waals surface area (Å²) >= 11 is 0. The van der Waals surface area contributed by atoms with Gasteiger partial charge in [-0.15, -0.1) is 0 Å². The summed E-state index contributed by atoms with van der Waals surface area (Å²) in [6.07, 6.45) is 0.719. The van der Waals surface area contributed by atoms with E-state index in [0.29, 0.717) is 17.8 Å². The zero-order chi connectivity index (χ0) is 9.97. The molecule has 5 nitrogen and oxygen atoms in total. The maximum atomic E-state index is 11.4. The van der Waals surface area contributed by atoms with Crippen LogP contribution in [0.1, 0.15) is 15.9 Å². The van der Waals surface area contributed by atoms with Crippen LogP contribution in [0.3, 0.4) is 0 Å². The van der Waals surface area contributed by atoms with Gasteiger partial charge in [-0.3, -0.25) is 4.79 Å². The van der Waals surface area contributed by atoms with E-state index in [1.807, 2.05) is 0 Å². The average molecular weight is 188 g/mol. The maximum Gasteiger partial charge on any atom is 0.251 e. The summed E-state index contributed by atoms with van der Waals surface area (Å²) in [5, 5.41) is 6.29. The number of carbonyl (C=O) groups excluding carboxylic acids is 1. The van der Waals surface area contributed by atoms with E-state index in [1.54, 1.807) is 18.2 Å². The van der Waals surface area contributed by atoms with Crippen molar-refractivity contribution in [3.05, 3.63) is 39.8 Å². The molecule has 1 aromatic carbocycles. The van der Waals surface area contributed by atoms with Crippen molar-refractivity contribution < 1.29 is 4.79 Å². The van der Waals surface area contributed by atoms with E-state index in [1.165, 1.54) is 0 Å². The number of nitrogens with zero attached hydrogens (tertiary/aromatic N) is 3. The van der Waals surface area contributed by atoms with Gasteiger partial charge in [-0.05, 0) is 23.6 Å². The number of amides is 1. The fourth-order valence-corrected chi connectivity index (χ4v) is 1.59. The predicted molar refractivity (Wildman–Crippen MR) is 51.3 cm³/mol. The topological polar surface area (TPSA) is 77.9 Å². The van der Waals surface area contributed by atoms with Gasteiger partial charge in [0.2, 0.25) is 0 Å². The van der Waals surface area contributed by atoms with Crippen molar-refractivity contribution in [1.82, 2.24) is 5.32 Å². The van der Waals surface area contributed by atoms with E-state index in [4.69, 9.17) is 5.53 Å². The molecular weight excluding hydrogens is 180 g/mol.